The highest BCUT2D eigenvalue weighted by Gasteiger charge is 2.16. The number of aromatic nitrogens is 1. The number of aryl methyl sites for hydroxylation is 1. The number of halogens is 1. The number of hydrogen-bond donors (Lipinski definition) is 1. The number of hydrogen-bond acceptors (Lipinski definition) is 5. The number of amides is 1. The highest BCUT2D eigenvalue weighted by Crippen LogP contribution is 2.31. The maximum atomic E-state index is 12.3. The summed E-state index contributed by atoms with van der Waals surface area (Å²) in [5.41, 5.74) is 0.942. The molecule has 2 heterocycles. The van der Waals surface area contributed by atoms with E-state index in [2.05, 4.69) is 10.3 Å². The fraction of sp³-hybridized carbons (Fsp3) is 0.222. The first kappa shape index (κ1) is 17.9. The molecule has 1 unspecified atom stereocenters. The van der Waals surface area contributed by atoms with Gasteiger partial charge in [0.15, 0.2) is 6.10 Å². The van der Waals surface area contributed by atoms with E-state index in [0.29, 0.717) is 17.3 Å². The Balaban J connectivity index is 1.58. The summed E-state index contributed by atoms with van der Waals surface area (Å²) in [4.78, 5) is 19.0. The van der Waals surface area contributed by atoms with Crippen LogP contribution in [-0.2, 0) is 11.3 Å². The molecule has 2 aromatic heterocycles. The van der Waals surface area contributed by atoms with Gasteiger partial charge in [-0.15, -0.1) is 22.7 Å². The van der Waals surface area contributed by atoms with E-state index in [0.717, 1.165) is 20.5 Å². The Morgan fingerprint density at radius 2 is 2.20 bits per heavy atom. The van der Waals surface area contributed by atoms with Crippen LogP contribution >= 0.6 is 34.3 Å². The van der Waals surface area contributed by atoms with Crippen LogP contribution in [0.15, 0.2) is 41.8 Å². The summed E-state index contributed by atoms with van der Waals surface area (Å²) in [6.45, 7) is 4.12. The van der Waals surface area contributed by atoms with Crippen molar-refractivity contribution in [3.05, 3.63) is 57.4 Å². The number of thiophene rings is 1. The first-order valence-electron chi connectivity index (χ1n) is 7.73. The zero-order chi connectivity index (χ0) is 17.8. The van der Waals surface area contributed by atoms with Gasteiger partial charge in [-0.1, -0.05) is 23.7 Å². The lowest BCUT2D eigenvalue weighted by molar-refractivity contribution is -0.127. The molecule has 0 aliphatic rings. The average molecular weight is 393 g/mol. The van der Waals surface area contributed by atoms with Crippen LogP contribution in [0.2, 0.25) is 5.02 Å². The predicted octanol–water partition coefficient (Wildman–Crippen LogP) is 4.92. The smallest absolute Gasteiger partial charge is 0.261 e. The molecule has 0 saturated heterocycles. The van der Waals surface area contributed by atoms with Crippen molar-refractivity contribution in [1.82, 2.24) is 10.3 Å². The fourth-order valence-electron chi connectivity index (χ4n) is 2.21. The fourth-order valence-corrected chi connectivity index (χ4v) is 4.19. The third kappa shape index (κ3) is 4.60. The average Bonchev–Trinajstić information content (AvgIpc) is 3.22. The second-order valence-corrected chi connectivity index (χ2v) is 7.91. The van der Waals surface area contributed by atoms with Gasteiger partial charge in [0.05, 0.1) is 17.1 Å². The zero-order valence-corrected chi connectivity index (χ0v) is 16.2. The van der Waals surface area contributed by atoms with Crippen molar-refractivity contribution in [1.29, 1.82) is 0 Å². The van der Waals surface area contributed by atoms with E-state index in [9.17, 15) is 4.79 Å². The second-order valence-electron chi connectivity index (χ2n) is 5.44. The first-order chi connectivity index (χ1) is 12.0. The minimum atomic E-state index is -0.608. The van der Waals surface area contributed by atoms with Crippen molar-refractivity contribution in [2.45, 2.75) is 26.5 Å². The lowest BCUT2D eigenvalue weighted by Crippen LogP contribution is -2.35. The zero-order valence-electron chi connectivity index (χ0n) is 13.8. The Kier molecular flexibility index (Phi) is 5.73. The molecule has 0 saturated carbocycles. The summed E-state index contributed by atoms with van der Waals surface area (Å²) in [6, 6.07) is 11.1. The first-order valence-corrected chi connectivity index (χ1v) is 9.80. The Hall–Kier alpha value is -1.89. The summed E-state index contributed by atoms with van der Waals surface area (Å²) in [5.74, 6) is 0.398. The third-order valence-electron chi connectivity index (χ3n) is 3.53. The van der Waals surface area contributed by atoms with Crippen LogP contribution in [0.25, 0.3) is 9.88 Å². The molecule has 7 heteroatoms. The number of benzene rings is 1. The molecule has 1 atom stereocenters. The van der Waals surface area contributed by atoms with E-state index in [1.165, 1.54) is 0 Å². The van der Waals surface area contributed by atoms with E-state index in [-0.39, 0.29) is 5.91 Å². The van der Waals surface area contributed by atoms with E-state index in [1.54, 1.807) is 53.9 Å². The number of carbonyl (C=O) groups is 1. The number of nitrogens with one attached hydrogen (secondary N) is 1. The van der Waals surface area contributed by atoms with Crippen LogP contribution in [0.4, 0.5) is 0 Å². The normalized spacial score (nSPS) is 12.0. The van der Waals surface area contributed by atoms with Gasteiger partial charge in [0, 0.05) is 9.90 Å². The molecule has 25 heavy (non-hydrogen) atoms. The molecular formula is C18H17ClN2O2S2. The van der Waals surface area contributed by atoms with Crippen LogP contribution in [0.1, 0.15) is 17.5 Å². The molecule has 130 valence electrons. The Morgan fingerprint density at radius 1 is 1.36 bits per heavy atom. The lowest BCUT2D eigenvalue weighted by atomic mass is 10.3. The number of thiazole rings is 1. The van der Waals surface area contributed by atoms with Crippen LogP contribution in [-0.4, -0.2) is 17.0 Å². The van der Waals surface area contributed by atoms with Gasteiger partial charge in [-0.25, -0.2) is 4.98 Å². The topological polar surface area (TPSA) is 51.2 Å². The van der Waals surface area contributed by atoms with E-state index in [1.807, 2.05) is 24.4 Å². The second kappa shape index (κ2) is 7.99. The molecule has 1 aromatic carbocycles. The molecule has 1 amide bonds. The van der Waals surface area contributed by atoms with Crippen molar-refractivity contribution in [3.8, 4) is 15.6 Å². The molecule has 0 aliphatic carbocycles. The van der Waals surface area contributed by atoms with E-state index < -0.39 is 6.10 Å². The monoisotopic (exact) mass is 392 g/mol. The molecule has 1 N–H and O–H groups in total. The highest BCUT2D eigenvalue weighted by molar-refractivity contribution is 7.21. The van der Waals surface area contributed by atoms with Gasteiger partial charge in [-0.3, -0.25) is 4.79 Å². The van der Waals surface area contributed by atoms with Crippen molar-refractivity contribution in [2.24, 2.45) is 0 Å². The molecule has 0 radical (unpaired) electrons. The lowest BCUT2D eigenvalue weighted by Gasteiger charge is -2.14. The standard InChI is InChI=1S/C18H17ClN2O2S2/c1-11-16(25-18(21-11)15-7-4-8-24-15)10-20-17(22)12(2)23-14-6-3-5-13(19)9-14/h3-9,12H,10H2,1-2H3,(H,20,22). The van der Waals surface area contributed by atoms with Gasteiger partial charge in [0.1, 0.15) is 10.8 Å². The molecular weight excluding hydrogens is 376 g/mol. The molecule has 0 fully saturated rings. The van der Waals surface area contributed by atoms with E-state index >= 15 is 0 Å². The number of nitrogens with zero attached hydrogens (tertiary/aromatic N) is 1. The minimum Gasteiger partial charge on any atom is -0.481 e. The Labute approximate surface area is 159 Å². The largest absolute Gasteiger partial charge is 0.481 e. The van der Waals surface area contributed by atoms with Crippen molar-refractivity contribution >= 4 is 40.2 Å². The maximum Gasteiger partial charge on any atom is 0.261 e. The number of carbonyl (C=O) groups excluding carboxylic acids is 1. The summed E-state index contributed by atoms with van der Waals surface area (Å²) in [6.07, 6.45) is -0.608. The molecule has 3 aromatic rings. The molecule has 3 rings (SSSR count). The van der Waals surface area contributed by atoms with Gasteiger partial charge in [0.25, 0.3) is 5.91 Å². The van der Waals surface area contributed by atoms with Crippen molar-refractivity contribution in [3.63, 3.8) is 0 Å². The molecule has 4 nitrogen and oxygen atoms in total. The van der Waals surface area contributed by atoms with Crippen LogP contribution < -0.4 is 10.1 Å². The van der Waals surface area contributed by atoms with Crippen LogP contribution in [0.3, 0.4) is 0 Å². The van der Waals surface area contributed by atoms with Gasteiger partial charge in [-0.2, -0.15) is 0 Å². The van der Waals surface area contributed by atoms with Gasteiger partial charge >= 0.3 is 0 Å². The van der Waals surface area contributed by atoms with Crippen LogP contribution in [0, 0.1) is 6.92 Å². The summed E-state index contributed by atoms with van der Waals surface area (Å²) in [7, 11) is 0. The van der Waals surface area contributed by atoms with E-state index in [4.69, 9.17) is 16.3 Å². The van der Waals surface area contributed by atoms with Crippen molar-refractivity contribution in [2.75, 3.05) is 0 Å². The Bertz CT molecular complexity index is 862. The van der Waals surface area contributed by atoms with Gasteiger partial charge < -0.3 is 10.1 Å². The predicted molar refractivity (Wildman–Crippen MR) is 104 cm³/mol. The SMILES string of the molecule is Cc1nc(-c2cccs2)sc1CNC(=O)C(C)Oc1cccc(Cl)c1. The molecule has 0 bridgehead atoms. The third-order valence-corrected chi connectivity index (χ3v) is 5.96. The molecule has 0 aliphatic heterocycles. The summed E-state index contributed by atoms with van der Waals surface area (Å²) < 4.78 is 5.63. The molecule has 0 spiro atoms. The van der Waals surface area contributed by atoms with Gasteiger partial charge in [-0.05, 0) is 43.5 Å². The quantitative estimate of drug-likeness (QED) is 0.647. The number of ether oxygens (including phenoxy) is 1. The van der Waals surface area contributed by atoms with Crippen LogP contribution in [0.5, 0.6) is 5.75 Å². The Morgan fingerprint density at radius 3 is 2.92 bits per heavy atom. The summed E-state index contributed by atoms with van der Waals surface area (Å²) in [5, 5.41) is 6.50. The van der Waals surface area contributed by atoms with Gasteiger partial charge in [0.2, 0.25) is 0 Å². The number of rotatable bonds is 6. The summed E-state index contributed by atoms with van der Waals surface area (Å²) >= 11 is 9.19. The highest BCUT2D eigenvalue weighted by atomic mass is 35.5. The maximum absolute atomic E-state index is 12.3. The minimum absolute atomic E-state index is 0.176. The van der Waals surface area contributed by atoms with Crippen molar-refractivity contribution < 1.29 is 9.53 Å².